The van der Waals surface area contributed by atoms with Crippen LogP contribution >= 0.6 is 0 Å². The summed E-state index contributed by atoms with van der Waals surface area (Å²) in [6.45, 7) is 12.2. The van der Waals surface area contributed by atoms with Gasteiger partial charge in [-0.3, -0.25) is 0 Å². The molecule has 0 aromatic rings. The van der Waals surface area contributed by atoms with E-state index in [1.165, 1.54) is 31.3 Å². The molecule has 3 aliphatic carbocycles. The summed E-state index contributed by atoms with van der Waals surface area (Å²) in [7, 11) is 0. The molecule has 0 spiro atoms. The van der Waals surface area contributed by atoms with Crippen LogP contribution < -0.4 is 0 Å². The zero-order chi connectivity index (χ0) is 23.0. The van der Waals surface area contributed by atoms with Gasteiger partial charge in [0.2, 0.25) is 0 Å². The Balaban J connectivity index is 1.71. The molecule has 0 aliphatic heterocycles. The summed E-state index contributed by atoms with van der Waals surface area (Å²) >= 11 is 0. The first-order valence-electron chi connectivity index (χ1n) is 12.3. The lowest BCUT2D eigenvalue weighted by Gasteiger charge is -2.44. The number of aliphatic hydroxyl groups is 4. The number of fused-ring (bicyclic) bond motifs is 1. The monoisotopic (exact) mass is 432 g/mol. The van der Waals surface area contributed by atoms with Crippen molar-refractivity contribution in [3.63, 3.8) is 0 Å². The van der Waals surface area contributed by atoms with Crippen LogP contribution in [0.15, 0.2) is 35.5 Å². The predicted octanol–water partition coefficient (Wildman–Crippen LogP) is 4.68. The van der Waals surface area contributed by atoms with Crippen LogP contribution in [0.5, 0.6) is 0 Å². The van der Waals surface area contributed by atoms with Gasteiger partial charge >= 0.3 is 0 Å². The van der Waals surface area contributed by atoms with E-state index < -0.39 is 23.9 Å². The van der Waals surface area contributed by atoms with E-state index in [0.29, 0.717) is 37.0 Å². The van der Waals surface area contributed by atoms with Crippen molar-refractivity contribution >= 4 is 0 Å². The Labute approximate surface area is 188 Å². The minimum Gasteiger partial charge on any atom is -0.393 e. The molecule has 7 atom stereocenters. The predicted molar refractivity (Wildman–Crippen MR) is 125 cm³/mol. The highest BCUT2D eigenvalue weighted by atomic mass is 16.3. The Bertz CT molecular complexity index is 715. The van der Waals surface area contributed by atoms with Gasteiger partial charge in [-0.1, -0.05) is 38.2 Å². The molecule has 3 aliphatic rings. The molecule has 0 unspecified atom stereocenters. The zero-order valence-corrected chi connectivity index (χ0v) is 20.0. The Morgan fingerprint density at radius 3 is 2.58 bits per heavy atom. The van der Waals surface area contributed by atoms with Gasteiger partial charge in [0.1, 0.15) is 0 Å². The summed E-state index contributed by atoms with van der Waals surface area (Å²) in [4.78, 5) is 0. The van der Waals surface area contributed by atoms with E-state index in [1.807, 2.05) is 0 Å². The van der Waals surface area contributed by atoms with Crippen LogP contribution in [0.4, 0.5) is 0 Å². The first-order valence-corrected chi connectivity index (χ1v) is 12.3. The first kappa shape index (κ1) is 24.7. The minimum atomic E-state index is -1.04. The third kappa shape index (κ3) is 5.35. The molecule has 31 heavy (non-hydrogen) atoms. The Morgan fingerprint density at radius 2 is 1.90 bits per heavy atom. The molecule has 0 amide bonds. The van der Waals surface area contributed by atoms with Gasteiger partial charge in [0.15, 0.2) is 0 Å². The van der Waals surface area contributed by atoms with Crippen molar-refractivity contribution < 1.29 is 20.4 Å². The van der Waals surface area contributed by atoms with Crippen LogP contribution in [0.3, 0.4) is 0 Å². The van der Waals surface area contributed by atoms with Crippen molar-refractivity contribution in [2.24, 2.45) is 23.2 Å². The Morgan fingerprint density at radius 1 is 1.19 bits per heavy atom. The SMILES string of the molecule is C=C1/C(=C\C=C2/CCC[C@]3(C)[C@@H]([C@H](C)CC[C@H](O)C(C)(C)O)CC[C@@H]23)C[C@@H](O)C[C@@H]1O. The van der Waals surface area contributed by atoms with Crippen molar-refractivity contribution in [1.29, 1.82) is 0 Å². The molecule has 3 saturated carbocycles. The van der Waals surface area contributed by atoms with Gasteiger partial charge in [-0.05, 0) is 99.5 Å². The number of aliphatic hydroxyl groups excluding tert-OH is 3. The molecule has 0 aromatic heterocycles. The summed E-state index contributed by atoms with van der Waals surface area (Å²) in [5, 5.41) is 40.5. The normalized spacial score (nSPS) is 39.0. The van der Waals surface area contributed by atoms with E-state index in [-0.39, 0.29) is 5.41 Å². The highest BCUT2D eigenvalue weighted by Gasteiger charge is 2.50. The van der Waals surface area contributed by atoms with E-state index in [4.69, 9.17) is 0 Å². The van der Waals surface area contributed by atoms with Gasteiger partial charge in [-0.25, -0.2) is 0 Å². The molecule has 4 nitrogen and oxygen atoms in total. The maximum Gasteiger partial charge on any atom is 0.0849 e. The second-order valence-corrected chi connectivity index (χ2v) is 11.4. The average Bonchev–Trinajstić information content (AvgIpc) is 3.04. The molecule has 4 N–H and O–H groups in total. The van der Waals surface area contributed by atoms with Gasteiger partial charge in [0, 0.05) is 6.42 Å². The fraction of sp³-hybridized carbons (Fsp3) is 0.778. The second-order valence-electron chi connectivity index (χ2n) is 11.4. The number of rotatable bonds is 6. The Hall–Kier alpha value is -0.940. The van der Waals surface area contributed by atoms with E-state index in [0.717, 1.165) is 24.0 Å². The summed E-state index contributed by atoms with van der Waals surface area (Å²) < 4.78 is 0. The maximum atomic E-state index is 10.3. The molecule has 0 heterocycles. The van der Waals surface area contributed by atoms with Gasteiger partial charge in [0.05, 0.1) is 23.9 Å². The third-order valence-corrected chi connectivity index (χ3v) is 8.70. The molecule has 0 bridgehead atoms. The van der Waals surface area contributed by atoms with Gasteiger partial charge in [-0.15, -0.1) is 0 Å². The van der Waals surface area contributed by atoms with Gasteiger partial charge < -0.3 is 20.4 Å². The summed E-state index contributed by atoms with van der Waals surface area (Å²) in [5.41, 5.74) is 2.48. The van der Waals surface area contributed by atoms with E-state index >= 15 is 0 Å². The third-order valence-electron chi connectivity index (χ3n) is 8.70. The van der Waals surface area contributed by atoms with Crippen molar-refractivity contribution in [2.45, 2.75) is 109 Å². The number of hydrogen-bond donors (Lipinski definition) is 4. The van der Waals surface area contributed by atoms with E-state index in [9.17, 15) is 20.4 Å². The van der Waals surface area contributed by atoms with Crippen molar-refractivity contribution in [3.8, 4) is 0 Å². The lowest BCUT2D eigenvalue weighted by atomic mass is 9.60. The van der Waals surface area contributed by atoms with Crippen molar-refractivity contribution in [3.05, 3.63) is 35.5 Å². The van der Waals surface area contributed by atoms with Crippen molar-refractivity contribution in [1.82, 2.24) is 0 Å². The van der Waals surface area contributed by atoms with Crippen LogP contribution in [0, 0.1) is 23.2 Å². The molecule has 0 radical (unpaired) electrons. The van der Waals surface area contributed by atoms with E-state index in [2.05, 4.69) is 32.6 Å². The standard InChI is InChI=1S/C27H44O4/c1-17(8-13-25(30)26(3,4)31)22-11-12-23-19(7-6-14-27(22,23)5)9-10-20-15-21(28)16-24(29)18(20)2/h9-10,17,21-25,28-31H,2,6-8,11-16H2,1,3-5H3/b19-9+,20-10-/t17-,21-,22-,23+,24+,25+,27-/m1/s1. The largest absolute Gasteiger partial charge is 0.393 e. The van der Waals surface area contributed by atoms with E-state index in [1.54, 1.807) is 13.8 Å². The smallest absolute Gasteiger partial charge is 0.0849 e. The first-order chi connectivity index (χ1) is 14.4. The molecule has 3 rings (SSSR count). The van der Waals surface area contributed by atoms with Crippen molar-refractivity contribution in [2.75, 3.05) is 0 Å². The van der Waals surface area contributed by atoms with Crippen LogP contribution in [0.1, 0.15) is 85.5 Å². The minimum absolute atomic E-state index is 0.282. The lowest BCUT2D eigenvalue weighted by molar-refractivity contribution is -0.0554. The number of hydrogen-bond acceptors (Lipinski definition) is 4. The summed E-state index contributed by atoms with van der Waals surface area (Å²) in [6.07, 6.45) is 11.1. The van der Waals surface area contributed by atoms with Gasteiger partial charge in [-0.2, -0.15) is 0 Å². The zero-order valence-electron chi connectivity index (χ0n) is 20.0. The highest BCUT2D eigenvalue weighted by molar-refractivity contribution is 5.38. The van der Waals surface area contributed by atoms with Gasteiger partial charge in [0.25, 0.3) is 0 Å². The lowest BCUT2D eigenvalue weighted by Crippen LogP contribution is -2.38. The molecular weight excluding hydrogens is 388 g/mol. The quantitative estimate of drug-likeness (QED) is 0.491. The van der Waals surface area contributed by atoms with Crippen LogP contribution in [0.25, 0.3) is 0 Å². The second kappa shape index (κ2) is 9.51. The fourth-order valence-electron chi connectivity index (χ4n) is 6.65. The number of allylic oxidation sites excluding steroid dienone is 3. The molecule has 176 valence electrons. The summed E-state index contributed by atoms with van der Waals surface area (Å²) in [6, 6.07) is 0. The fourth-order valence-corrected chi connectivity index (χ4v) is 6.65. The van der Waals surface area contributed by atoms with Crippen LogP contribution in [0.2, 0.25) is 0 Å². The van der Waals surface area contributed by atoms with Crippen LogP contribution in [-0.4, -0.2) is 44.3 Å². The molecule has 0 saturated heterocycles. The summed E-state index contributed by atoms with van der Waals surface area (Å²) in [5.74, 6) is 1.74. The molecular formula is C27H44O4. The highest BCUT2D eigenvalue weighted by Crippen LogP contribution is 2.60. The average molecular weight is 433 g/mol. The van der Waals surface area contributed by atoms with Crippen LogP contribution in [-0.2, 0) is 0 Å². The maximum absolute atomic E-state index is 10.3. The molecule has 4 heteroatoms. The molecule has 3 fully saturated rings. The Kier molecular flexibility index (Phi) is 7.57. The molecule has 0 aromatic carbocycles. The topological polar surface area (TPSA) is 80.9 Å².